The van der Waals surface area contributed by atoms with Crippen LogP contribution in [0.2, 0.25) is 0 Å². The number of benzene rings is 2. The summed E-state index contributed by atoms with van der Waals surface area (Å²) in [5.74, 6) is 2.96. The Morgan fingerprint density at radius 2 is 1.82 bits per heavy atom. The number of H-pyrrole nitrogens is 1. The van der Waals surface area contributed by atoms with Crippen LogP contribution in [-0.4, -0.2) is 29.5 Å². The summed E-state index contributed by atoms with van der Waals surface area (Å²) in [7, 11) is 0. The molecule has 0 aliphatic rings. The number of thioether (sulfide) groups is 1. The summed E-state index contributed by atoms with van der Waals surface area (Å²) >= 11 is 1.53. The topological polar surface area (TPSA) is 83.8 Å². The van der Waals surface area contributed by atoms with E-state index in [0.29, 0.717) is 16.7 Å². The molecule has 5 aromatic rings. The maximum absolute atomic E-state index is 4.62. The van der Waals surface area contributed by atoms with Gasteiger partial charge in [0.15, 0.2) is 0 Å². The first kappa shape index (κ1) is 16.8. The summed E-state index contributed by atoms with van der Waals surface area (Å²) in [5.41, 5.74) is 3.87. The van der Waals surface area contributed by atoms with Gasteiger partial charge in [-0.1, -0.05) is 42.1 Å². The molecule has 138 valence electrons. The molecule has 0 amide bonds. The van der Waals surface area contributed by atoms with Crippen LogP contribution in [0.15, 0.2) is 65.8 Å². The number of imidazole rings is 1. The minimum absolute atomic E-state index is 0.575. The summed E-state index contributed by atoms with van der Waals surface area (Å²) in [6.45, 7) is 1.95. The predicted molar refractivity (Wildman–Crippen MR) is 111 cm³/mol. The van der Waals surface area contributed by atoms with Crippen molar-refractivity contribution in [2.45, 2.75) is 17.8 Å². The molecule has 0 fully saturated rings. The minimum Gasteiger partial charge on any atom is -0.341 e. The molecule has 0 spiro atoms. The molecule has 28 heavy (non-hydrogen) atoms. The van der Waals surface area contributed by atoms with Crippen molar-refractivity contribution in [1.29, 1.82) is 0 Å². The van der Waals surface area contributed by atoms with Gasteiger partial charge in [-0.15, -0.1) is 5.10 Å². The molecule has 3 heterocycles. The van der Waals surface area contributed by atoms with Gasteiger partial charge in [-0.3, -0.25) is 0 Å². The van der Waals surface area contributed by atoms with Crippen molar-refractivity contribution in [3.8, 4) is 0 Å². The van der Waals surface area contributed by atoms with Crippen molar-refractivity contribution in [3.05, 3.63) is 72.2 Å². The number of aryl methyl sites for hydroxylation is 1. The zero-order valence-electron chi connectivity index (χ0n) is 15.1. The van der Waals surface area contributed by atoms with Crippen LogP contribution in [0.5, 0.6) is 0 Å². The number of aromatic amines is 1. The third-order valence-corrected chi connectivity index (χ3v) is 5.09. The molecule has 3 aromatic heterocycles. The summed E-state index contributed by atoms with van der Waals surface area (Å²) in [5, 5.41) is 8.67. The maximum atomic E-state index is 4.62. The third kappa shape index (κ3) is 3.29. The number of aromatic nitrogens is 6. The van der Waals surface area contributed by atoms with Gasteiger partial charge in [0, 0.05) is 17.4 Å². The zero-order valence-corrected chi connectivity index (χ0v) is 15.9. The lowest BCUT2D eigenvalue weighted by atomic mass is 10.3. The van der Waals surface area contributed by atoms with Gasteiger partial charge in [-0.05, 0) is 31.2 Å². The molecule has 0 saturated carbocycles. The molecular weight excluding hydrogens is 370 g/mol. The van der Waals surface area contributed by atoms with Crippen LogP contribution in [0.25, 0.3) is 16.8 Å². The lowest BCUT2D eigenvalue weighted by Crippen LogP contribution is -2.02. The molecule has 8 heteroatoms. The average molecular weight is 387 g/mol. The van der Waals surface area contributed by atoms with Gasteiger partial charge in [0.25, 0.3) is 5.78 Å². The van der Waals surface area contributed by atoms with E-state index in [1.807, 2.05) is 67.6 Å². The Kier molecular flexibility index (Phi) is 4.17. The van der Waals surface area contributed by atoms with Crippen molar-refractivity contribution >= 4 is 40.1 Å². The first-order chi connectivity index (χ1) is 13.7. The quantitative estimate of drug-likeness (QED) is 0.436. The van der Waals surface area contributed by atoms with Crippen LogP contribution in [0.4, 0.5) is 11.5 Å². The predicted octanol–water partition coefficient (Wildman–Crippen LogP) is 4.34. The van der Waals surface area contributed by atoms with Crippen LogP contribution >= 0.6 is 11.8 Å². The number of hydrogen-bond acceptors (Lipinski definition) is 6. The highest BCUT2D eigenvalue weighted by Crippen LogP contribution is 2.23. The van der Waals surface area contributed by atoms with E-state index in [0.717, 1.165) is 34.1 Å². The van der Waals surface area contributed by atoms with E-state index >= 15 is 0 Å². The first-order valence-electron chi connectivity index (χ1n) is 8.87. The number of nitrogens with one attached hydrogen (secondary N) is 2. The van der Waals surface area contributed by atoms with Gasteiger partial charge in [-0.2, -0.15) is 9.50 Å². The Hall–Kier alpha value is -3.39. The van der Waals surface area contributed by atoms with E-state index in [4.69, 9.17) is 0 Å². The van der Waals surface area contributed by atoms with E-state index in [1.54, 1.807) is 4.52 Å². The van der Waals surface area contributed by atoms with Crippen LogP contribution < -0.4 is 5.32 Å². The Morgan fingerprint density at radius 1 is 1.00 bits per heavy atom. The van der Waals surface area contributed by atoms with Gasteiger partial charge in [0.1, 0.15) is 11.6 Å². The first-order valence-corrected chi connectivity index (χ1v) is 9.86. The van der Waals surface area contributed by atoms with Crippen LogP contribution in [-0.2, 0) is 5.75 Å². The fourth-order valence-electron chi connectivity index (χ4n) is 2.99. The van der Waals surface area contributed by atoms with E-state index in [1.165, 1.54) is 11.8 Å². The fraction of sp³-hybridized carbons (Fsp3) is 0.100. The molecule has 5 rings (SSSR count). The second-order valence-corrected chi connectivity index (χ2v) is 7.31. The van der Waals surface area contributed by atoms with Crippen LogP contribution in [0.3, 0.4) is 0 Å². The number of rotatable bonds is 5. The number of anilines is 2. The van der Waals surface area contributed by atoms with Crippen molar-refractivity contribution in [2.75, 3.05) is 5.32 Å². The summed E-state index contributed by atoms with van der Waals surface area (Å²) < 4.78 is 1.74. The van der Waals surface area contributed by atoms with Gasteiger partial charge in [0.05, 0.1) is 16.8 Å². The standard InChI is InChI=1S/C20H17N7S/c1-13-11-18(22-14-7-3-2-4-8-14)27-19(21-13)25-20(26-27)28-12-17-23-15-9-5-6-10-16(15)24-17/h2-11,22H,12H2,1H3,(H,23,24). The summed E-state index contributed by atoms with van der Waals surface area (Å²) in [6.07, 6.45) is 0. The minimum atomic E-state index is 0.575. The number of hydrogen-bond donors (Lipinski definition) is 2. The van der Waals surface area contributed by atoms with E-state index in [2.05, 4.69) is 30.4 Å². The smallest absolute Gasteiger partial charge is 0.255 e. The highest BCUT2D eigenvalue weighted by molar-refractivity contribution is 7.98. The molecule has 2 aromatic carbocycles. The second kappa shape index (κ2) is 6.97. The Balaban J connectivity index is 1.41. The van der Waals surface area contributed by atoms with Crippen LogP contribution in [0.1, 0.15) is 11.5 Å². The van der Waals surface area contributed by atoms with Crippen molar-refractivity contribution < 1.29 is 0 Å². The third-order valence-electron chi connectivity index (χ3n) is 4.24. The molecule has 0 saturated heterocycles. The molecule has 2 N–H and O–H groups in total. The van der Waals surface area contributed by atoms with Crippen molar-refractivity contribution in [2.24, 2.45) is 0 Å². The summed E-state index contributed by atoms with van der Waals surface area (Å²) in [4.78, 5) is 17.0. The molecular formula is C20H17N7S. The largest absolute Gasteiger partial charge is 0.341 e. The van der Waals surface area contributed by atoms with E-state index in [-0.39, 0.29) is 0 Å². The lowest BCUT2D eigenvalue weighted by molar-refractivity contribution is 0.881. The van der Waals surface area contributed by atoms with E-state index in [9.17, 15) is 0 Å². The SMILES string of the molecule is Cc1cc(Nc2ccccc2)n2nc(SCc3nc4ccccc4[nH]3)nc2n1. The maximum Gasteiger partial charge on any atom is 0.255 e. The molecule has 0 unspecified atom stereocenters. The van der Waals surface area contributed by atoms with Gasteiger partial charge >= 0.3 is 0 Å². The molecule has 0 bridgehead atoms. The molecule has 0 aliphatic heterocycles. The fourth-order valence-corrected chi connectivity index (χ4v) is 3.68. The van der Waals surface area contributed by atoms with Crippen molar-refractivity contribution in [1.82, 2.24) is 29.5 Å². The molecule has 0 atom stereocenters. The molecule has 7 nitrogen and oxygen atoms in total. The monoisotopic (exact) mass is 387 g/mol. The zero-order chi connectivity index (χ0) is 18.9. The average Bonchev–Trinajstić information content (AvgIpc) is 3.30. The number of para-hydroxylation sites is 3. The lowest BCUT2D eigenvalue weighted by Gasteiger charge is -2.08. The second-order valence-electron chi connectivity index (χ2n) is 6.37. The Bertz CT molecular complexity index is 1230. The highest BCUT2D eigenvalue weighted by Gasteiger charge is 2.12. The highest BCUT2D eigenvalue weighted by atomic mass is 32.2. The summed E-state index contributed by atoms with van der Waals surface area (Å²) in [6, 6.07) is 19.9. The normalized spacial score (nSPS) is 11.3. The number of fused-ring (bicyclic) bond motifs is 2. The van der Waals surface area contributed by atoms with E-state index < -0.39 is 0 Å². The number of nitrogens with zero attached hydrogens (tertiary/aromatic N) is 5. The van der Waals surface area contributed by atoms with Crippen molar-refractivity contribution in [3.63, 3.8) is 0 Å². The van der Waals surface area contributed by atoms with Gasteiger partial charge < -0.3 is 10.3 Å². The Labute approximate surface area is 165 Å². The molecule has 0 aliphatic carbocycles. The van der Waals surface area contributed by atoms with Gasteiger partial charge in [0.2, 0.25) is 5.16 Å². The van der Waals surface area contributed by atoms with Crippen LogP contribution in [0, 0.1) is 6.92 Å². The Morgan fingerprint density at radius 3 is 2.68 bits per heavy atom. The van der Waals surface area contributed by atoms with Gasteiger partial charge in [-0.25, -0.2) is 9.97 Å². The molecule has 0 radical (unpaired) electrons.